The minimum absolute atomic E-state index is 0.000542. The molecule has 0 radical (unpaired) electrons. The smallest absolute Gasteiger partial charge is 0.274 e. The van der Waals surface area contributed by atoms with Gasteiger partial charge in [-0.15, -0.1) is 0 Å². The number of pyridine rings is 1. The number of nitrogens with zero attached hydrogens (tertiary/aromatic N) is 8. The Morgan fingerprint density at radius 1 is 0.704 bits per heavy atom. The average molecular weight is 977 g/mol. The number of hydrogen-bond acceptors (Lipinski definition) is 11. The highest BCUT2D eigenvalue weighted by Gasteiger charge is 2.31. The Balaban J connectivity index is 0.727. The van der Waals surface area contributed by atoms with Crippen LogP contribution in [0.15, 0.2) is 83.8 Å². The highest BCUT2D eigenvalue weighted by molar-refractivity contribution is 6.03. The molecule has 0 atom stereocenters. The number of likely N-dealkylation sites (tertiary alicyclic amines) is 1. The van der Waals surface area contributed by atoms with Crippen molar-refractivity contribution in [2.75, 3.05) is 117 Å². The van der Waals surface area contributed by atoms with Crippen LogP contribution in [0.1, 0.15) is 50.5 Å². The van der Waals surface area contributed by atoms with Crippen molar-refractivity contribution in [1.82, 2.24) is 44.6 Å². The molecule has 2 N–H and O–H groups in total. The van der Waals surface area contributed by atoms with Gasteiger partial charge in [0, 0.05) is 115 Å². The van der Waals surface area contributed by atoms with Gasteiger partial charge in [-0.3, -0.25) is 33.8 Å². The Labute approximate surface area is 409 Å². The number of aromatic nitrogens is 3. The number of carbonyl (C=O) groups is 4. The molecule has 4 aliphatic rings. The van der Waals surface area contributed by atoms with E-state index in [4.69, 9.17) is 4.74 Å². The number of piperazine rings is 2. The molecule has 0 saturated carbocycles. The third kappa shape index (κ3) is 12.3. The van der Waals surface area contributed by atoms with Crippen molar-refractivity contribution >= 4 is 40.1 Å². The number of carbonyl (C=O) groups excluding carboxylic acids is 4. The number of H-pyrrole nitrogens is 1. The monoisotopic (exact) mass is 976 g/mol. The van der Waals surface area contributed by atoms with E-state index in [1.807, 2.05) is 17.0 Å². The lowest BCUT2D eigenvalue weighted by Crippen LogP contribution is -2.55. The average Bonchev–Trinajstić information content (AvgIpc) is 3.38. The Morgan fingerprint density at radius 2 is 1.39 bits per heavy atom. The molecule has 4 fully saturated rings. The van der Waals surface area contributed by atoms with Gasteiger partial charge < -0.3 is 29.7 Å². The number of piperidine rings is 1. The van der Waals surface area contributed by atoms with Crippen LogP contribution in [0.2, 0.25) is 0 Å². The third-order valence-corrected chi connectivity index (χ3v) is 14.1. The molecule has 4 aliphatic heterocycles. The second kappa shape index (κ2) is 22.7. The molecule has 0 aliphatic carbocycles. The molecule has 0 bridgehead atoms. The lowest BCUT2D eigenvalue weighted by molar-refractivity contribution is -0.134. The van der Waals surface area contributed by atoms with Crippen LogP contribution in [0.3, 0.4) is 0 Å². The number of hydrogen-bond donors (Lipinski definition) is 2. The number of benzene rings is 3. The van der Waals surface area contributed by atoms with Crippen LogP contribution in [0.4, 0.5) is 18.9 Å². The summed E-state index contributed by atoms with van der Waals surface area (Å²) < 4.78 is 46.9. The molecule has 9 rings (SSSR count). The standard InChI is InChI=1S/C52H59F3N10O6/c53-43-9-8-37(28-44-40-6-1-2-7-41(40)50(68)59-58-44)27-42(43)51(69)65-20-18-63(19-21-65)48(67)34-61-16-14-60(15-17-61)32-35-10-12-64(13-11-35)52(70)49-45(57-47(66)33-62-22-24-71-25-23-62)30-39(31-56-49)38-5-3-4-36(26-38)29-46(54)55/h1-9,26-27,30-31,35,46H,10-25,28-29,32-34H2,(H,57,66)(H,59,68). The van der Waals surface area contributed by atoms with Crippen molar-refractivity contribution in [3.8, 4) is 11.1 Å². The van der Waals surface area contributed by atoms with E-state index < -0.39 is 18.1 Å². The number of morpholine rings is 1. The van der Waals surface area contributed by atoms with Gasteiger partial charge in [0.1, 0.15) is 5.82 Å². The van der Waals surface area contributed by atoms with E-state index in [0.717, 1.165) is 45.6 Å². The zero-order valence-electron chi connectivity index (χ0n) is 39.7. The third-order valence-electron chi connectivity index (χ3n) is 14.1. The SMILES string of the molecule is O=C(CN1CCOCC1)Nc1cc(-c2cccc(CC(F)F)c2)cnc1C(=O)N1CCC(CN2CCN(CC(=O)N3CCN(C(=O)c4cc(Cc5n[nH]c(=O)c6ccccc56)ccc4F)CC3)CC2)CC1. The molecule has 6 heterocycles. The molecule has 16 nitrogen and oxygen atoms in total. The van der Waals surface area contributed by atoms with Crippen molar-refractivity contribution in [2.24, 2.45) is 5.92 Å². The highest BCUT2D eigenvalue weighted by Crippen LogP contribution is 2.29. The second-order valence-electron chi connectivity index (χ2n) is 18.9. The predicted octanol–water partition coefficient (Wildman–Crippen LogP) is 4.25. The van der Waals surface area contributed by atoms with Gasteiger partial charge in [-0.05, 0) is 59.7 Å². The Hall–Kier alpha value is -6.54. The van der Waals surface area contributed by atoms with Gasteiger partial charge >= 0.3 is 0 Å². The molecule has 3 aromatic carbocycles. The molecule has 0 spiro atoms. The van der Waals surface area contributed by atoms with Crippen molar-refractivity contribution in [2.45, 2.75) is 32.1 Å². The second-order valence-corrected chi connectivity index (χ2v) is 18.9. The minimum Gasteiger partial charge on any atom is -0.379 e. The molecule has 2 aromatic heterocycles. The maximum absolute atomic E-state index is 15.1. The topological polar surface area (TPSA) is 168 Å². The molecule has 4 saturated heterocycles. The number of fused-ring (bicyclic) bond motifs is 1. The zero-order valence-corrected chi connectivity index (χ0v) is 39.7. The molecule has 4 amide bonds. The quantitative estimate of drug-likeness (QED) is 0.163. The number of amides is 4. The predicted molar refractivity (Wildman–Crippen MR) is 261 cm³/mol. The lowest BCUT2D eigenvalue weighted by atomic mass is 9.95. The summed E-state index contributed by atoms with van der Waals surface area (Å²) in [5.41, 5.74) is 3.10. The largest absolute Gasteiger partial charge is 0.379 e. The first-order chi connectivity index (χ1) is 34.4. The van der Waals surface area contributed by atoms with E-state index >= 15 is 4.39 Å². The molecule has 71 heavy (non-hydrogen) atoms. The van der Waals surface area contributed by atoms with Gasteiger partial charge in [-0.1, -0.05) is 48.5 Å². The van der Waals surface area contributed by atoms with Crippen LogP contribution in [0.5, 0.6) is 0 Å². The highest BCUT2D eigenvalue weighted by atomic mass is 19.3. The molecule has 19 heteroatoms. The van der Waals surface area contributed by atoms with Gasteiger partial charge in [-0.2, -0.15) is 5.10 Å². The molecular weight excluding hydrogens is 918 g/mol. The number of anilines is 1. The molecular formula is C52H59F3N10O6. The van der Waals surface area contributed by atoms with Gasteiger partial charge in [0.15, 0.2) is 5.69 Å². The summed E-state index contributed by atoms with van der Waals surface area (Å²) in [7, 11) is 0. The van der Waals surface area contributed by atoms with Crippen LogP contribution in [-0.4, -0.2) is 186 Å². The van der Waals surface area contributed by atoms with Crippen molar-refractivity contribution in [3.05, 3.63) is 123 Å². The number of halogens is 3. The number of nitrogens with one attached hydrogen (secondary N) is 2. The van der Waals surface area contributed by atoms with E-state index in [0.29, 0.717) is 104 Å². The first-order valence-electron chi connectivity index (χ1n) is 24.5. The Kier molecular flexibility index (Phi) is 15.8. The molecule has 0 unspecified atom stereocenters. The number of alkyl halides is 2. The van der Waals surface area contributed by atoms with E-state index in [1.54, 1.807) is 75.5 Å². The summed E-state index contributed by atoms with van der Waals surface area (Å²) >= 11 is 0. The van der Waals surface area contributed by atoms with E-state index in [1.165, 1.54) is 6.07 Å². The summed E-state index contributed by atoms with van der Waals surface area (Å²) in [6, 6.07) is 20.1. The number of aromatic amines is 1. The first kappa shape index (κ1) is 49.4. The first-order valence-corrected chi connectivity index (χ1v) is 24.5. The van der Waals surface area contributed by atoms with Gasteiger partial charge in [-0.25, -0.2) is 23.3 Å². The van der Waals surface area contributed by atoms with Crippen molar-refractivity contribution < 1.29 is 37.1 Å². The van der Waals surface area contributed by atoms with Gasteiger partial charge in [0.25, 0.3) is 17.4 Å². The molecule has 374 valence electrons. The van der Waals surface area contributed by atoms with E-state index in [-0.39, 0.29) is 72.8 Å². The van der Waals surface area contributed by atoms with E-state index in [2.05, 4.69) is 30.3 Å². The van der Waals surface area contributed by atoms with Crippen molar-refractivity contribution in [1.29, 1.82) is 0 Å². The maximum Gasteiger partial charge on any atom is 0.274 e. The fourth-order valence-electron chi connectivity index (χ4n) is 10.0. The lowest BCUT2D eigenvalue weighted by Gasteiger charge is -2.40. The fraction of sp³-hybridized carbons (Fsp3) is 0.442. The van der Waals surface area contributed by atoms with Crippen molar-refractivity contribution in [3.63, 3.8) is 0 Å². The minimum atomic E-state index is -2.49. The van der Waals surface area contributed by atoms with Crippen LogP contribution in [-0.2, 0) is 27.2 Å². The summed E-state index contributed by atoms with van der Waals surface area (Å²) in [4.78, 5) is 83.0. The van der Waals surface area contributed by atoms with Crippen LogP contribution in [0, 0.1) is 11.7 Å². The Morgan fingerprint density at radius 3 is 2.14 bits per heavy atom. The van der Waals surface area contributed by atoms with Crippen LogP contribution < -0.4 is 10.9 Å². The summed E-state index contributed by atoms with van der Waals surface area (Å²) in [5, 5.41) is 10.9. The summed E-state index contributed by atoms with van der Waals surface area (Å²) in [6.07, 6.45) is 0.579. The summed E-state index contributed by atoms with van der Waals surface area (Å²) in [6.45, 7) is 9.03. The normalized spacial score (nSPS) is 17.8. The molecule has 5 aromatic rings. The maximum atomic E-state index is 15.1. The number of rotatable bonds is 14. The number of ether oxygens (including phenoxy) is 1. The zero-order chi connectivity index (χ0) is 49.4. The van der Waals surface area contributed by atoms with Gasteiger partial charge in [0.2, 0.25) is 18.2 Å². The van der Waals surface area contributed by atoms with Gasteiger partial charge in [0.05, 0.1) is 48.6 Å². The van der Waals surface area contributed by atoms with E-state index in [9.17, 15) is 32.8 Å². The van der Waals surface area contributed by atoms with Crippen LogP contribution >= 0.6 is 0 Å². The summed E-state index contributed by atoms with van der Waals surface area (Å²) in [5.74, 6) is -1.24. The van der Waals surface area contributed by atoms with Crippen LogP contribution in [0.25, 0.3) is 21.9 Å². The fourth-order valence-corrected chi connectivity index (χ4v) is 10.0. The Bertz CT molecular complexity index is 2780.